The van der Waals surface area contributed by atoms with Gasteiger partial charge in [0.15, 0.2) is 0 Å². The number of piperidine rings is 1. The molecule has 0 aromatic heterocycles. The minimum Gasteiger partial charge on any atom is -0.339 e. The van der Waals surface area contributed by atoms with Crippen LogP contribution in [0.4, 0.5) is 0 Å². The second kappa shape index (κ2) is 9.56. The van der Waals surface area contributed by atoms with E-state index in [4.69, 9.17) is 0 Å². The number of benzene rings is 2. The monoisotopic (exact) mass is 458 g/mol. The number of carbonyl (C=O) groups is 2. The Kier molecular flexibility index (Phi) is 6.50. The maximum atomic E-state index is 14.1. The first-order valence-corrected chi connectivity index (χ1v) is 13.2. The van der Waals surface area contributed by atoms with Gasteiger partial charge in [0.25, 0.3) is 5.91 Å². The minimum atomic E-state index is -0.389. The molecule has 0 N–H and O–H groups in total. The van der Waals surface area contributed by atoms with Crippen LogP contribution in [0.3, 0.4) is 0 Å². The number of rotatable bonds is 3. The molecule has 0 bridgehead atoms. The van der Waals surface area contributed by atoms with Gasteiger partial charge in [0, 0.05) is 31.7 Å². The summed E-state index contributed by atoms with van der Waals surface area (Å²) in [4.78, 5) is 31.6. The van der Waals surface area contributed by atoms with Gasteiger partial charge < -0.3 is 9.80 Å². The summed E-state index contributed by atoms with van der Waals surface area (Å²) in [5.74, 6) is 1.06. The lowest BCUT2D eigenvalue weighted by Gasteiger charge is -2.43. The van der Waals surface area contributed by atoms with E-state index < -0.39 is 0 Å². The predicted molar refractivity (Wildman–Crippen MR) is 136 cm³/mol. The lowest BCUT2D eigenvalue weighted by molar-refractivity contribution is -0.145. The molecule has 5 rings (SSSR count). The summed E-state index contributed by atoms with van der Waals surface area (Å²) in [5, 5.41) is 0. The molecule has 0 atom stereocenters. The molecule has 4 heteroatoms. The molecule has 2 aromatic rings. The fourth-order valence-corrected chi connectivity index (χ4v) is 6.52. The van der Waals surface area contributed by atoms with Gasteiger partial charge in [-0.1, -0.05) is 61.2 Å². The number of nitrogens with zero attached hydrogens (tertiary/aromatic N) is 2. The fraction of sp³-hybridized carbons (Fsp3) is 0.533. The van der Waals surface area contributed by atoms with Crippen LogP contribution in [0.2, 0.25) is 0 Å². The molecule has 0 unspecified atom stereocenters. The largest absolute Gasteiger partial charge is 0.339 e. The molecule has 0 radical (unpaired) electrons. The van der Waals surface area contributed by atoms with E-state index in [9.17, 15) is 9.59 Å². The van der Waals surface area contributed by atoms with Crippen molar-refractivity contribution < 1.29 is 9.59 Å². The third-order valence-electron chi connectivity index (χ3n) is 8.57. The summed E-state index contributed by atoms with van der Waals surface area (Å²) in [6.45, 7) is 6.99. The molecule has 1 spiro atoms. The van der Waals surface area contributed by atoms with Gasteiger partial charge in [0.1, 0.15) is 0 Å². The zero-order valence-corrected chi connectivity index (χ0v) is 20.8. The molecule has 2 heterocycles. The Hall–Kier alpha value is -2.62. The van der Waals surface area contributed by atoms with Crippen molar-refractivity contribution in [1.29, 1.82) is 0 Å². The molecule has 4 nitrogen and oxygen atoms in total. The van der Waals surface area contributed by atoms with Crippen molar-refractivity contribution in [3.8, 4) is 0 Å². The second-order valence-electron chi connectivity index (χ2n) is 11.0. The molecule has 3 aliphatic rings. The highest BCUT2D eigenvalue weighted by Crippen LogP contribution is 2.41. The summed E-state index contributed by atoms with van der Waals surface area (Å²) >= 11 is 0. The molecule has 1 saturated carbocycles. The number of hydrogen-bond acceptors (Lipinski definition) is 2. The van der Waals surface area contributed by atoms with E-state index in [0.29, 0.717) is 24.9 Å². The number of hydrogen-bond donors (Lipinski definition) is 0. The summed E-state index contributed by atoms with van der Waals surface area (Å²) in [7, 11) is 0. The van der Waals surface area contributed by atoms with E-state index in [1.807, 2.05) is 24.0 Å². The molecule has 1 saturated heterocycles. The molecule has 2 fully saturated rings. The average Bonchev–Trinajstić information content (AvgIpc) is 2.95. The van der Waals surface area contributed by atoms with Gasteiger partial charge in [-0.25, -0.2) is 0 Å². The summed E-state index contributed by atoms with van der Waals surface area (Å²) in [6, 6.07) is 14.7. The highest BCUT2D eigenvalue weighted by Gasteiger charge is 2.46. The first-order chi connectivity index (χ1) is 16.4. The second-order valence-corrected chi connectivity index (χ2v) is 11.0. The van der Waals surface area contributed by atoms with Crippen LogP contribution in [0.25, 0.3) is 0 Å². The zero-order valence-electron chi connectivity index (χ0n) is 20.8. The van der Waals surface area contributed by atoms with Gasteiger partial charge in [0.05, 0.1) is 5.41 Å². The van der Waals surface area contributed by atoms with Crippen molar-refractivity contribution in [1.82, 2.24) is 9.80 Å². The van der Waals surface area contributed by atoms with Crippen LogP contribution < -0.4 is 0 Å². The van der Waals surface area contributed by atoms with Gasteiger partial charge in [-0.3, -0.25) is 9.59 Å². The van der Waals surface area contributed by atoms with E-state index >= 15 is 0 Å². The highest BCUT2D eigenvalue weighted by molar-refractivity contribution is 5.96. The molecule has 2 aromatic carbocycles. The Morgan fingerprint density at radius 2 is 1.68 bits per heavy atom. The molecular weight excluding hydrogens is 420 g/mol. The van der Waals surface area contributed by atoms with Crippen LogP contribution in [0.1, 0.15) is 77.6 Å². The Bertz CT molecular complexity index is 1060. The van der Waals surface area contributed by atoms with Gasteiger partial charge in [-0.15, -0.1) is 0 Å². The van der Waals surface area contributed by atoms with Crippen LogP contribution in [-0.2, 0) is 17.8 Å². The molecule has 2 aliphatic heterocycles. The number of aryl methyl sites for hydroxylation is 2. The number of likely N-dealkylation sites (tertiary alicyclic amines) is 1. The first-order valence-electron chi connectivity index (χ1n) is 13.2. The van der Waals surface area contributed by atoms with Crippen LogP contribution >= 0.6 is 0 Å². The van der Waals surface area contributed by atoms with Crippen LogP contribution in [0, 0.1) is 25.2 Å². The van der Waals surface area contributed by atoms with Crippen LogP contribution in [0.15, 0.2) is 42.5 Å². The SMILES string of the molecule is Cc1ccc(C(=O)N2CCC3(CC2)Cc2ccccc2CN(CC2CCCCC2)C3=O)c(C)c1. The van der Waals surface area contributed by atoms with E-state index in [1.165, 1.54) is 48.8 Å². The van der Waals surface area contributed by atoms with E-state index in [1.54, 1.807) is 0 Å². The third kappa shape index (κ3) is 4.52. The standard InChI is InChI=1S/C30H38N2O2/c1-22-12-13-27(23(2)18-22)28(33)31-16-14-30(15-17-31)19-25-10-6-7-11-26(25)21-32(29(30)34)20-24-8-4-3-5-9-24/h6-7,10-13,18,24H,3-5,8-9,14-17,19-21H2,1-2H3. The number of amides is 2. The zero-order chi connectivity index (χ0) is 23.7. The Morgan fingerprint density at radius 3 is 2.38 bits per heavy atom. The fourth-order valence-electron chi connectivity index (χ4n) is 6.52. The molecule has 2 amide bonds. The Balaban J connectivity index is 1.37. The minimum absolute atomic E-state index is 0.105. The lowest BCUT2D eigenvalue weighted by Crippen LogP contribution is -2.52. The summed E-state index contributed by atoms with van der Waals surface area (Å²) < 4.78 is 0. The van der Waals surface area contributed by atoms with Crippen molar-refractivity contribution in [2.24, 2.45) is 11.3 Å². The van der Waals surface area contributed by atoms with Crippen LogP contribution in [-0.4, -0.2) is 41.2 Å². The number of fused-ring (bicyclic) bond motifs is 1. The summed E-state index contributed by atoms with van der Waals surface area (Å²) in [5.41, 5.74) is 5.22. The van der Waals surface area contributed by atoms with E-state index in [-0.39, 0.29) is 11.3 Å². The lowest BCUT2D eigenvalue weighted by atomic mass is 9.72. The predicted octanol–water partition coefficient (Wildman–Crippen LogP) is 5.69. The van der Waals surface area contributed by atoms with Crippen molar-refractivity contribution in [3.05, 3.63) is 70.3 Å². The van der Waals surface area contributed by atoms with Crippen LogP contribution in [0.5, 0.6) is 0 Å². The summed E-state index contributed by atoms with van der Waals surface area (Å²) in [6.07, 6.45) is 8.72. The van der Waals surface area contributed by atoms with Gasteiger partial charge in [-0.2, -0.15) is 0 Å². The van der Waals surface area contributed by atoms with Crippen molar-refractivity contribution in [2.45, 2.75) is 71.8 Å². The highest BCUT2D eigenvalue weighted by atomic mass is 16.2. The van der Waals surface area contributed by atoms with Crippen molar-refractivity contribution >= 4 is 11.8 Å². The first kappa shape index (κ1) is 23.1. The molecule has 1 aliphatic carbocycles. The van der Waals surface area contributed by atoms with E-state index in [0.717, 1.165) is 43.5 Å². The van der Waals surface area contributed by atoms with E-state index in [2.05, 4.69) is 42.2 Å². The molecule has 180 valence electrons. The Labute approximate surface area is 204 Å². The normalized spacial score (nSPS) is 20.8. The van der Waals surface area contributed by atoms with Crippen molar-refractivity contribution in [2.75, 3.05) is 19.6 Å². The van der Waals surface area contributed by atoms with Gasteiger partial charge in [-0.05, 0) is 74.6 Å². The smallest absolute Gasteiger partial charge is 0.254 e. The van der Waals surface area contributed by atoms with Gasteiger partial charge in [0.2, 0.25) is 5.91 Å². The Morgan fingerprint density at radius 1 is 0.971 bits per heavy atom. The molecule has 34 heavy (non-hydrogen) atoms. The third-order valence-corrected chi connectivity index (χ3v) is 8.57. The van der Waals surface area contributed by atoms with Crippen molar-refractivity contribution in [3.63, 3.8) is 0 Å². The van der Waals surface area contributed by atoms with Gasteiger partial charge >= 0.3 is 0 Å². The topological polar surface area (TPSA) is 40.6 Å². The average molecular weight is 459 g/mol. The molecular formula is C30H38N2O2. The quantitative estimate of drug-likeness (QED) is 0.593. The maximum absolute atomic E-state index is 14.1. The maximum Gasteiger partial charge on any atom is 0.254 e. The number of carbonyl (C=O) groups excluding carboxylic acids is 2.